The third kappa shape index (κ3) is 3.54. The predicted octanol–water partition coefficient (Wildman–Crippen LogP) is 2.27. The number of amides is 1. The molecule has 1 aliphatic rings. The summed E-state index contributed by atoms with van der Waals surface area (Å²) >= 11 is 1.70. The average molecular weight is 252 g/mol. The summed E-state index contributed by atoms with van der Waals surface area (Å²) in [6.45, 7) is 3.53. The van der Waals surface area contributed by atoms with E-state index in [2.05, 4.69) is 23.7 Å². The molecule has 1 fully saturated rings. The van der Waals surface area contributed by atoms with Gasteiger partial charge in [0, 0.05) is 11.9 Å². The minimum atomic E-state index is 0.172. The topological polar surface area (TPSA) is 32.3 Å². The van der Waals surface area contributed by atoms with Gasteiger partial charge in [0.1, 0.15) is 0 Å². The SMILES string of the molecule is CC(c1cccs1)N(C)C(=O)CNCC1CC1. The third-order valence-electron chi connectivity index (χ3n) is 3.34. The number of thiophene rings is 1. The molecule has 1 heterocycles. The number of rotatable bonds is 6. The first kappa shape index (κ1) is 12.6. The molecule has 0 aliphatic heterocycles. The highest BCUT2D eigenvalue weighted by atomic mass is 32.1. The molecule has 3 nitrogen and oxygen atoms in total. The lowest BCUT2D eigenvalue weighted by atomic mass is 10.2. The Morgan fingerprint density at radius 1 is 1.65 bits per heavy atom. The summed E-state index contributed by atoms with van der Waals surface area (Å²) in [5.41, 5.74) is 0. The Labute approximate surface area is 107 Å². The van der Waals surface area contributed by atoms with Crippen molar-refractivity contribution in [2.45, 2.75) is 25.8 Å². The Morgan fingerprint density at radius 2 is 2.41 bits per heavy atom. The normalized spacial score (nSPS) is 16.8. The molecular formula is C13H20N2OS. The first-order chi connectivity index (χ1) is 8.18. The molecule has 4 heteroatoms. The first-order valence-corrected chi connectivity index (χ1v) is 7.06. The molecule has 0 radical (unpaired) electrons. The van der Waals surface area contributed by atoms with Gasteiger partial charge in [-0.3, -0.25) is 4.79 Å². The fraction of sp³-hybridized carbons (Fsp3) is 0.615. The van der Waals surface area contributed by atoms with Crippen LogP contribution in [-0.2, 0) is 4.79 Å². The summed E-state index contributed by atoms with van der Waals surface area (Å²) < 4.78 is 0. The van der Waals surface area contributed by atoms with Gasteiger partial charge in [-0.1, -0.05) is 6.07 Å². The van der Waals surface area contributed by atoms with Crippen molar-refractivity contribution < 1.29 is 4.79 Å². The zero-order valence-corrected chi connectivity index (χ0v) is 11.3. The number of carbonyl (C=O) groups excluding carboxylic acids is 1. The van der Waals surface area contributed by atoms with Gasteiger partial charge in [0.15, 0.2) is 0 Å². The molecule has 94 valence electrons. The molecule has 1 aliphatic carbocycles. The molecule has 1 amide bonds. The third-order valence-corrected chi connectivity index (χ3v) is 4.38. The van der Waals surface area contributed by atoms with Crippen molar-refractivity contribution >= 4 is 17.2 Å². The maximum Gasteiger partial charge on any atom is 0.236 e. The van der Waals surface area contributed by atoms with Crippen LogP contribution in [0.3, 0.4) is 0 Å². The predicted molar refractivity (Wildman–Crippen MR) is 71.1 cm³/mol. The lowest BCUT2D eigenvalue weighted by Crippen LogP contribution is -2.37. The van der Waals surface area contributed by atoms with Gasteiger partial charge >= 0.3 is 0 Å². The van der Waals surface area contributed by atoms with Crippen LogP contribution in [0.5, 0.6) is 0 Å². The molecule has 1 atom stereocenters. The van der Waals surface area contributed by atoms with E-state index < -0.39 is 0 Å². The average Bonchev–Trinajstić information content (AvgIpc) is 2.98. The summed E-state index contributed by atoms with van der Waals surface area (Å²) in [7, 11) is 1.88. The summed E-state index contributed by atoms with van der Waals surface area (Å²) in [6, 6.07) is 4.28. The van der Waals surface area contributed by atoms with E-state index in [4.69, 9.17) is 0 Å². The van der Waals surface area contributed by atoms with Crippen molar-refractivity contribution in [3.05, 3.63) is 22.4 Å². The monoisotopic (exact) mass is 252 g/mol. The quantitative estimate of drug-likeness (QED) is 0.842. The Bertz CT molecular complexity index is 360. The Kier molecular flexibility index (Phi) is 4.18. The van der Waals surface area contributed by atoms with Crippen molar-refractivity contribution in [3.8, 4) is 0 Å². The Hall–Kier alpha value is -0.870. The van der Waals surface area contributed by atoms with Gasteiger partial charge in [-0.15, -0.1) is 11.3 Å². The molecule has 0 saturated heterocycles. The maximum atomic E-state index is 11.9. The molecule has 17 heavy (non-hydrogen) atoms. The fourth-order valence-electron chi connectivity index (χ4n) is 1.77. The van der Waals surface area contributed by atoms with E-state index in [1.54, 1.807) is 11.3 Å². The second-order valence-corrected chi connectivity index (χ2v) is 5.75. The van der Waals surface area contributed by atoms with Gasteiger partial charge in [0.05, 0.1) is 12.6 Å². The molecule has 1 aromatic heterocycles. The van der Waals surface area contributed by atoms with Crippen LogP contribution >= 0.6 is 11.3 Å². The van der Waals surface area contributed by atoms with Gasteiger partial charge in [-0.2, -0.15) is 0 Å². The number of nitrogens with zero attached hydrogens (tertiary/aromatic N) is 1. The minimum absolute atomic E-state index is 0.172. The van der Waals surface area contributed by atoms with Gasteiger partial charge in [-0.05, 0) is 43.7 Å². The number of likely N-dealkylation sites (N-methyl/N-ethyl adjacent to an activating group) is 1. The second kappa shape index (κ2) is 5.65. The van der Waals surface area contributed by atoms with Crippen LogP contribution in [0.1, 0.15) is 30.7 Å². The van der Waals surface area contributed by atoms with Crippen LogP contribution in [0.2, 0.25) is 0 Å². The van der Waals surface area contributed by atoms with Crippen LogP contribution < -0.4 is 5.32 Å². The summed E-state index contributed by atoms with van der Waals surface area (Å²) in [4.78, 5) is 15.0. The van der Waals surface area contributed by atoms with E-state index >= 15 is 0 Å². The molecule has 1 saturated carbocycles. The fourth-order valence-corrected chi connectivity index (χ4v) is 2.59. The molecule has 0 aromatic carbocycles. The maximum absolute atomic E-state index is 11.9. The second-order valence-electron chi connectivity index (χ2n) is 4.77. The van der Waals surface area contributed by atoms with Crippen LogP contribution in [-0.4, -0.2) is 30.9 Å². The Balaban J connectivity index is 1.77. The van der Waals surface area contributed by atoms with Crippen LogP contribution in [0, 0.1) is 5.92 Å². The lowest BCUT2D eigenvalue weighted by Gasteiger charge is -2.24. The van der Waals surface area contributed by atoms with Crippen LogP contribution in [0.15, 0.2) is 17.5 Å². The van der Waals surface area contributed by atoms with Crippen LogP contribution in [0.25, 0.3) is 0 Å². The smallest absolute Gasteiger partial charge is 0.236 e. The summed E-state index contributed by atoms with van der Waals surface area (Å²) in [5, 5.41) is 5.29. The molecule has 2 rings (SSSR count). The van der Waals surface area contributed by atoms with Crippen molar-refractivity contribution in [3.63, 3.8) is 0 Å². The van der Waals surface area contributed by atoms with E-state index in [0.717, 1.165) is 12.5 Å². The van der Waals surface area contributed by atoms with E-state index in [0.29, 0.717) is 6.54 Å². The number of carbonyl (C=O) groups is 1. The molecule has 1 unspecified atom stereocenters. The molecule has 0 spiro atoms. The first-order valence-electron chi connectivity index (χ1n) is 6.18. The highest BCUT2D eigenvalue weighted by Gasteiger charge is 2.22. The zero-order valence-electron chi connectivity index (χ0n) is 10.5. The summed E-state index contributed by atoms with van der Waals surface area (Å²) in [5.74, 6) is 0.995. The zero-order chi connectivity index (χ0) is 12.3. The van der Waals surface area contributed by atoms with E-state index in [1.807, 2.05) is 18.0 Å². The minimum Gasteiger partial charge on any atom is -0.337 e. The van der Waals surface area contributed by atoms with Gasteiger partial charge in [0.2, 0.25) is 5.91 Å². The van der Waals surface area contributed by atoms with Crippen molar-refractivity contribution in [2.75, 3.05) is 20.1 Å². The molecule has 1 aromatic rings. The van der Waals surface area contributed by atoms with E-state index in [-0.39, 0.29) is 11.9 Å². The van der Waals surface area contributed by atoms with E-state index in [9.17, 15) is 4.79 Å². The van der Waals surface area contributed by atoms with Crippen molar-refractivity contribution in [2.24, 2.45) is 5.92 Å². The molecular weight excluding hydrogens is 232 g/mol. The lowest BCUT2D eigenvalue weighted by molar-refractivity contribution is -0.130. The molecule has 0 bridgehead atoms. The highest BCUT2D eigenvalue weighted by molar-refractivity contribution is 7.10. The number of hydrogen-bond acceptors (Lipinski definition) is 3. The van der Waals surface area contributed by atoms with Gasteiger partial charge < -0.3 is 10.2 Å². The molecule has 1 N–H and O–H groups in total. The van der Waals surface area contributed by atoms with Crippen molar-refractivity contribution in [1.29, 1.82) is 0 Å². The van der Waals surface area contributed by atoms with Gasteiger partial charge in [-0.25, -0.2) is 0 Å². The van der Waals surface area contributed by atoms with Gasteiger partial charge in [0.25, 0.3) is 0 Å². The number of hydrogen-bond donors (Lipinski definition) is 1. The summed E-state index contributed by atoms with van der Waals surface area (Å²) in [6.07, 6.45) is 2.64. The van der Waals surface area contributed by atoms with E-state index in [1.165, 1.54) is 17.7 Å². The van der Waals surface area contributed by atoms with Crippen molar-refractivity contribution in [1.82, 2.24) is 10.2 Å². The number of nitrogens with one attached hydrogen (secondary N) is 1. The van der Waals surface area contributed by atoms with Crippen LogP contribution in [0.4, 0.5) is 0 Å². The highest BCUT2D eigenvalue weighted by Crippen LogP contribution is 2.27. The standard InChI is InChI=1S/C13H20N2OS/c1-10(12-4-3-7-17-12)15(2)13(16)9-14-8-11-5-6-11/h3-4,7,10-11,14H,5-6,8-9H2,1-2H3. The largest absolute Gasteiger partial charge is 0.337 e. The Morgan fingerprint density at radius 3 is 3.00 bits per heavy atom.